The van der Waals surface area contributed by atoms with E-state index in [2.05, 4.69) is 19.8 Å². The van der Waals surface area contributed by atoms with Gasteiger partial charge in [0.15, 0.2) is 0 Å². The number of aromatic amines is 1. The highest BCUT2D eigenvalue weighted by Crippen LogP contribution is 2.31. The number of carbonyl (C=O) groups is 1. The van der Waals surface area contributed by atoms with Gasteiger partial charge in [0.25, 0.3) is 0 Å². The van der Waals surface area contributed by atoms with Crippen molar-refractivity contribution in [2.24, 2.45) is 0 Å². The molecule has 0 saturated carbocycles. The number of nitrogens with one attached hydrogen (secondary N) is 1. The van der Waals surface area contributed by atoms with E-state index in [9.17, 15) is 9.90 Å². The second kappa shape index (κ2) is 10.7. The number of aliphatic carboxylic acids is 1. The first-order valence-electron chi connectivity index (χ1n) is 12.0. The molecular formula is C28H30N4O3. The quantitative estimate of drug-likeness (QED) is 0.383. The molecule has 0 unspecified atom stereocenters. The van der Waals surface area contributed by atoms with E-state index in [1.807, 2.05) is 79.3 Å². The Bertz CT molecular complexity index is 1250. The van der Waals surface area contributed by atoms with Crippen molar-refractivity contribution in [2.45, 2.75) is 19.1 Å². The molecule has 35 heavy (non-hydrogen) atoms. The van der Waals surface area contributed by atoms with Crippen molar-refractivity contribution in [3.05, 3.63) is 95.9 Å². The van der Waals surface area contributed by atoms with E-state index in [1.165, 1.54) is 5.56 Å². The van der Waals surface area contributed by atoms with Gasteiger partial charge in [0.05, 0.1) is 0 Å². The van der Waals surface area contributed by atoms with Crippen LogP contribution >= 0.6 is 0 Å². The number of H-pyrrole nitrogens is 1. The molecule has 0 bridgehead atoms. The number of nitrogens with zero attached hydrogens (tertiary/aromatic N) is 3. The Hall–Kier alpha value is -3.68. The normalized spacial score (nSPS) is 15.8. The maximum absolute atomic E-state index is 12.4. The molecule has 4 aromatic rings. The lowest BCUT2D eigenvalue weighted by Gasteiger charge is -2.37. The predicted octanol–water partition coefficient (Wildman–Crippen LogP) is 4.13. The third kappa shape index (κ3) is 5.53. The summed E-state index contributed by atoms with van der Waals surface area (Å²) in [4.78, 5) is 24.2. The van der Waals surface area contributed by atoms with E-state index in [0.29, 0.717) is 6.61 Å². The Morgan fingerprint density at radius 3 is 2.51 bits per heavy atom. The van der Waals surface area contributed by atoms with Gasteiger partial charge in [0.1, 0.15) is 18.4 Å². The second-order valence-electron chi connectivity index (χ2n) is 8.95. The predicted molar refractivity (Wildman–Crippen MR) is 135 cm³/mol. The fraction of sp³-hybridized carbons (Fsp3) is 0.286. The molecule has 0 spiro atoms. The van der Waals surface area contributed by atoms with Crippen LogP contribution in [-0.2, 0) is 17.8 Å². The van der Waals surface area contributed by atoms with Crippen LogP contribution in [0, 0.1) is 0 Å². The first-order valence-corrected chi connectivity index (χ1v) is 12.0. The van der Waals surface area contributed by atoms with E-state index in [-0.39, 0.29) is 0 Å². The van der Waals surface area contributed by atoms with Gasteiger partial charge in [-0.2, -0.15) is 0 Å². The molecule has 2 aromatic carbocycles. The summed E-state index contributed by atoms with van der Waals surface area (Å²) in [6, 6.07) is 19.3. The zero-order valence-corrected chi connectivity index (χ0v) is 19.6. The van der Waals surface area contributed by atoms with Crippen LogP contribution in [0.5, 0.6) is 5.75 Å². The summed E-state index contributed by atoms with van der Waals surface area (Å²) in [5.41, 5.74) is 4.06. The molecule has 1 aliphatic heterocycles. The van der Waals surface area contributed by atoms with Crippen LogP contribution in [0.3, 0.4) is 0 Å². The number of hydrogen-bond donors (Lipinski definition) is 2. The molecule has 0 amide bonds. The summed E-state index contributed by atoms with van der Waals surface area (Å²) in [5.74, 6) is -0.0648. The standard InChI is InChI=1S/C28H30N4O3/c33-28(34)27(32-16-14-31(15-17-32)13-10-21-8-11-29-12-9-21)25-19-30-26-18-23(6-7-24(25)26)35-20-22-4-2-1-3-5-22/h1-9,11-12,18-19,27,30H,10,13-17,20H2,(H,33,34)/t27-/m0/s1. The molecule has 0 aliphatic carbocycles. The van der Waals surface area contributed by atoms with Crippen molar-refractivity contribution in [1.29, 1.82) is 0 Å². The second-order valence-corrected chi connectivity index (χ2v) is 8.95. The van der Waals surface area contributed by atoms with Gasteiger partial charge in [-0.25, -0.2) is 0 Å². The highest BCUT2D eigenvalue weighted by atomic mass is 16.5. The summed E-state index contributed by atoms with van der Waals surface area (Å²) < 4.78 is 5.94. The van der Waals surface area contributed by atoms with Crippen LogP contribution in [0.15, 0.2) is 79.3 Å². The molecule has 5 rings (SSSR count). The Morgan fingerprint density at radius 1 is 1.00 bits per heavy atom. The molecule has 7 nitrogen and oxygen atoms in total. The third-order valence-electron chi connectivity index (χ3n) is 6.70. The molecular weight excluding hydrogens is 440 g/mol. The van der Waals surface area contributed by atoms with E-state index in [0.717, 1.165) is 66.9 Å². The van der Waals surface area contributed by atoms with Gasteiger partial charge in [-0.15, -0.1) is 0 Å². The van der Waals surface area contributed by atoms with Crippen molar-refractivity contribution in [3.8, 4) is 5.75 Å². The number of carboxylic acids is 1. The maximum Gasteiger partial charge on any atom is 0.325 e. The fourth-order valence-corrected chi connectivity index (χ4v) is 4.75. The summed E-state index contributed by atoms with van der Waals surface area (Å²) in [5, 5.41) is 11.1. The number of benzene rings is 2. The molecule has 2 N–H and O–H groups in total. The van der Waals surface area contributed by atoms with Gasteiger partial charge in [-0.3, -0.25) is 14.7 Å². The van der Waals surface area contributed by atoms with Crippen molar-refractivity contribution < 1.29 is 14.6 Å². The van der Waals surface area contributed by atoms with E-state index in [1.54, 1.807) is 0 Å². The number of pyridine rings is 1. The first-order chi connectivity index (χ1) is 17.2. The number of ether oxygens (including phenoxy) is 1. The average Bonchev–Trinajstić information content (AvgIpc) is 3.31. The Kier molecular flexibility index (Phi) is 7.07. The molecule has 7 heteroatoms. The molecule has 0 radical (unpaired) electrons. The fourth-order valence-electron chi connectivity index (χ4n) is 4.75. The van der Waals surface area contributed by atoms with Crippen molar-refractivity contribution >= 4 is 16.9 Å². The molecule has 3 heterocycles. The highest BCUT2D eigenvalue weighted by molar-refractivity contribution is 5.90. The number of piperazine rings is 1. The lowest BCUT2D eigenvalue weighted by atomic mass is 10.0. The van der Waals surface area contributed by atoms with E-state index < -0.39 is 12.0 Å². The topological polar surface area (TPSA) is 81.7 Å². The zero-order valence-electron chi connectivity index (χ0n) is 19.6. The van der Waals surface area contributed by atoms with Gasteiger partial charge in [0.2, 0.25) is 0 Å². The minimum absolute atomic E-state index is 0.489. The van der Waals surface area contributed by atoms with E-state index in [4.69, 9.17) is 4.74 Å². The molecule has 2 aromatic heterocycles. The number of aromatic nitrogens is 2. The zero-order chi connectivity index (χ0) is 24.0. The SMILES string of the molecule is O=C(O)[C@H](c1c[nH]c2cc(OCc3ccccc3)ccc12)N1CCN(CCc2ccncc2)CC1. The number of hydrogen-bond acceptors (Lipinski definition) is 5. The van der Waals surface area contributed by atoms with E-state index >= 15 is 0 Å². The smallest absolute Gasteiger partial charge is 0.325 e. The summed E-state index contributed by atoms with van der Waals surface area (Å²) in [6.45, 7) is 4.61. The average molecular weight is 471 g/mol. The largest absolute Gasteiger partial charge is 0.489 e. The minimum atomic E-state index is -0.819. The Balaban J connectivity index is 1.23. The molecule has 1 fully saturated rings. The van der Waals surface area contributed by atoms with Crippen LogP contribution in [0.4, 0.5) is 0 Å². The lowest BCUT2D eigenvalue weighted by molar-refractivity contribution is -0.144. The van der Waals surface area contributed by atoms with Crippen molar-refractivity contribution in [3.63, 3.8) is 0 Å². The monoisotopic (exact) mass is 470 g/mol. The Labute approximate surface area is 205 Å². The number of rotatable bonds is 9. The van der Waals surface area contributed by atoms with Gasteiger partial charge >= 0.3 is 5.97 Å². The third-order valence-corrected chi connectivity index (χ3v) is 6.70. The number of fused-ring (bicyclic) bond motifs is 1. The Morgan fingerprint density at radius 2 is 1.77 bits per heavy atom. The van der Waals surface area contributed by atoms with Crippen LogP contribution in [0.1, 0.15) is 22.7 Å². The molecule has 1 saturated heterocycles. The van der Waals surface area contributed by atoms with Crippen LogP contribution in [0.2, 0.25) is 0 Å². The highest BCUT2D eigenvalue weighted by Gasteiger charge is 2.32. The molecule has 1 atom stereocenters. The maximum atomic E-state index is 12.4. The molecule has 1 aliphatic rings. The number of carboxylic acid groups (broad SMARTS) is 1. The van der Waals surface area contributed by atoms with Crippen molar-refractivity contribution in [1.82, 2.24) is 19.8 Å². The first kappa shape index (κ1) is 23.1. The molecule has 180 valence electrons. The summed E-state index contributed by atoms with van der Waals surface area (Å²) >= 11 is 0. The minimum Gasteiger partial charge on any atom is -0.489 e. The summed E-state index contributed by atoms with van der Waals surface area (Å²) in [7, 11) is 0. The van der Waals surface area contributed by atoms with Gasteiger partial charge in [-0.05, 0) is 41.8 Å². The lowest BCUT2D eigenvalue weighted by Crippen LogP contribution is -2.49. The van der Waals surface area contributed by atoms with Crippen molar-refractivity contribution in [2.75, 3.05) is 32.7 Å². The van der Waals surface area contributed by atoms with Crippen LogP contribution < -0.4 is 4.74 Å². The van der Waals surface area contributed by atoms with Crippen LogP contribution in [-0.4, -0.2) is 63.6 Å². The van der Waals surface area contributed by atoms with Gasteiger partial charge < -0.3 is 19.7 Å². The van der Waals surface area contributed by atoms with Gasteiger partial charge in [-0.1, -0.05) is 30.3 Å². The van der Waals surface area contributed by atoms with Gasteiger partial charge in [0, 0.05) is 73.8 Å². The van der Waals surface area contributed by atoms with Crippen LogP contribution in [0.25, 0.3) is 10.9 Å². The summed E-state index contributed by atoms with van der Waals surface area (Å²) in [6.07, 6.45) is 6.46.